The fraction of sp³-hybridized carbons (Fsp3) is 0.381. The zero-order valence-corrected chi connectivity index (χ0v) is 16.8. The Morgan fingerprint density at radius 3 is 2.33 bits per heavy atom. The third kappa shape index (κ3) is 4.22. The van der Waals surface area contributed by atoms with Gasteiger partial charge in [0, 0.05) is 24.7 Å². The lowest BCUT2D eigenvalue weighted by Gasteiger charge is -2.19. The minimum Gasteiger partial charge on any atom is -0.312 e. The molecule has 2 aromatic carbocycles. The first-order chi connectivity index (χ1) is 12.8. The number of carbonyl (C=O) groups excluding carboxylic acids is 1. The van der Waals surface area contributed by atoms with Crippen molar-refractivity contribution in [2.24, 2.45) is 0 Å². The van der Waals surface area contributed by atoms with Crippen LogP contribution in [0.4, 0.5) is 5.69 Å². The van der Waals surface area contributed by atoms with Gasteiger partial charge in [0.1, 0.15) is 0 Å². The van der Waals surface area contributed by atoms with Crippen LogP contribution < -0.4 is 9.62 Å². The summed E-state index contributed by atoms with van der Waals surface area (Å²) in [5.74, 6) is 0.0875. The number of nitrogens with one attached hydrogen (secondary N) is 1. The lowest BCUT2D eigenvalue weighted by atomic mass is 10.0. The summed E-state index contributed by atoms with van der Waals surface area (Å²) in [4.78, 5) is 13.8. The molecule has 6 heteroatoms. The van der Waals surface area contributed by atoms with Gasteiger partial charge in [-0.3, -0.25) is 4.79 Å². The molecule has 3 rings (SSSR count). The number of benzene rings is 2. The maximum absolute atomic E-state index is 12.8. The molecule has 0 bridgehead atoms. The molecule has 1 heterocycles. The molecule has 0 radical (unpaired) electrons. The second-order valence-corrected chi connectivity index (χ2v) is 8.78. The quantitative estimate of drug-likeness (QED) is 0.820. The highest BCUT2D eigenvalue weighted by molar-refractivity contribution is 7.89. The minimum absolute atomic E-state index is 0.0875. The van der Waals surface area contributed by atoms with Gasteiger partial charge >= 0.3 is 0 Å². The molecule has 0 saturated carbocycles. The first-order valence-corrected chi connectivity index (χ1v) is 10.8. The van der Waals surface area contributed by atoms with Crippen LogP contribution in [-0.4, -0.2) is 20.9 Å². The van der Waals surface area contributed by atoms with E-state index in [0.717, 1.165) is 23.2 Å². The third-order valence-corrected chi connectivity index (χ3v) is 6.66. The number of sulfonamides is 1. The van der Waals surface area contributed by atoms with Crippen LogP contribution in [-0.2, 0) is 14.8 Å². The molecule has 1 saturated heterocycles. The van der Waals surface area contributed by atoms with E-state index in [2.05, 4.69) is 4.72 Å². The first-order valence-electron chi connectivity index (χ1n) is 9.31. The number of anilines is 1. The molecular formula is C21H26N2O3S. The largest absolute Gasteiger partial charge is 0.312 e. The highest BCUT2D eigenvalue weighted by atomic mass is 32.2. The van der Waals surface area contributed by atoms with E-state index in [-0.39, 0.29) is 16.8 Å². The van der Waals surface area contributed by atoms with Crippen LogP contribution >= 0.6 is 0 Å². The Hall–Kier alpha value is -2.18. The van der Waals surface area contributed by atoms with Crippen LogP contribution in [0.15, 0.2) is 47.4 Å². The van der Waals surface area contributed by atoms with E-state index in [9.17, 15) is 13.2 Å². The van der Waals surface area contributed by atoms with E-state index < -0.39 is 10.0 Å². The number of amides is 1. The van der Waals surface area contributed by atoms with Crippen LogP contribution in [0.5, 0.6) is 0 Å². The average molecular weight is 387 g/mol. The summed E-state index contributed by atoms with van der Waals surface area (Å²) in [7, 11) is -3.65. The van der Waals surface area contributed by atoms with Crippen molar-refractivity contribution in [3.8, 4) is 0 Å². The third-order valence-electron chi connectivity index (χ3n) is 5.17. The second kappa shape index (κ2) is 7.82. The highest BCUT2D eigenvalue weighted by Gasteiger charge is 2.24. The Kier molecular flexibility index (Phi) is 5.67. The normalized spacial score (nSPS) is 16.0. The number of aryl methyl sites for hydroxylation is 2. The Morgan fingerprint density at radius 2 is 1.78 bits per heavy atom. The lowest BCUT2D eigenvalue weighted by molar-refractivity contribution is -0.117. The van der Waals surface area contributed by atoms with Crippen molar-refractivity contribution in [1.82, 2.24) is 4.72 Å². The van der Waals surface area contributed by atoms with Crippen molar-refractivity contribution >= 4 is 21.6 Å². The molecule has 1 unspecified atom stereocenters. The fourth-order valence-electron chi connectivity index (χ4n) is 3.35. The zero-order valence-electron chi connectivity index (χ0n) is 16.0. The number of nitrogens with zero attached hydrogens (tertiary/aromatic N) is 1. The molecule has 0 spiro atoms. The molecule has 27 heavy (non-hydrogen) atoms. The molecule has 0 aromatic heterocycles. The molecule has 1 amide bonds. The van der Waals surface area contributed by atoms with Crippen molar-refractivity contribution < 1.29 is 13.2 Å². The van der Waals surface area contributed by atoms with Gasteiger partial charge in [-0.2, -0.15) is 0 Å². The van der Waals surface area contributed by atoms with E-state index >= 15 is 0 Å². The zero-order chi connectivity index (χ0) is 19.6. The average Bonchev–Trinajstić information content (AvgIpc) is 3.08. The summed E-state index contributed by atoms with van der Waals surface area (Å²) in [5.41, 5.74) is 4.04. The van der Waals surface area contributed by atoms with Gasteiger partial charge in [-0.25, -0.2) is 13.1 Å². The molecule has 0 aliphatic carbocycles. The Morgan fingerprint density at radius 1 is 1.07 bits per heavy atom. The van der Waals surface area contributed by atoms with Crippen LogP contribution in [0, 0.1) is 13.8 Å². The topological polar surface area (TPSA) is 66.5 Å². The lowest BCUT2D eigenvalue weighted by Crippen LogP contribution is -2.28. The second-order valence-electron chi connectivity index (χ2n) is 7.07. The monoisotopic (exact) mass is 386 g/mol. The van der Waals surface area contributed by atoms with Gasteiger partial charge in [0.15, 0.2) is 0 Å². The van der Waals surface area contributed by atoms with Crippen LogP contribution in [0.2, 0.25) is 0 Å². The van der Waals surface area contributed by atoms with Crippen molar-refractivity contribution in [3.63, 3.8) is 0 Å². The van der Waals surface area contributed by atoms with Crippen LogP contribution in [0.25, 0.3) is 0 Å². The summed E-state index contributed by atoms with van der Waals surface area (Å²) in [5, 5.41) is 0. The van der Waals surface area contributed by atoms with Crippen molar-refractivity contribution in [2.75, 3.05) is 11.4 Å². The Balaban J connectivity index is 1.80. The maximum atomic E-state index is 12.8. The molecule has 1 aliphatic rings. The smallest absolute Gasteiger partial charge is 0.241 e. The number of hydrogen-bond donors (Lipinski definition) is 1. The first kappa shape index (κ1) is 19.6. The molecule has 144 valence electrons. The summed E-state index contributed by atoms with van der Waals surface area (Å²) in [6.07, 6.45) is 2.05. The van der Waals surface area contributed by atoms with Gasteiger partial charge in [-0.05, 0) is 67.6 Å². The van der Waals surface area contributed by atoms with E-state index in [1.165, 1.54) is 5.56 Å². The SMILES string of the molecule is CCC(NS(=O)(=O)c1ccc(N2CCCC2=O)cc1)c1ccc(C)c(C)c1. The summed E-state index contributed by atoms with van der Waals surface area (Å²) < 4.78 is 28.5. The maximum Gasteiger partial charge on any atom is 0.241 e. The number of rotatable bonds is 6. The Bertz CT molecular complexity index is 936. The summed E-state index contributed by atoms with van der Waals surface area (Å²) in [6.45, 7) is 6.72. The van der Waals surface area contributed by atoms with E-state index in [1.807, 2.05) is 39.0 Å². The van der Waals surface area contributed by atoms with Gasteiger partial charge in [0.05, 0.1) is 4.90 Å². The molecular weight excluding hydrogens is 360 g/mol. The van der Waals surface area contributed by atoms with Crippen LogP contribution in [0.1, 0.15) is 48.9 Å². The summed E-state index contributed by atoms with van der Waals surface area (Å²) >= 11 is 0. The Labute approximate surface area is 161 Å². The van der Waals surface area contributed by atoms with Gasteiger partial charge in [-0.1, -0.05) is 25.1 Å². The fourth-order valence-corrected chi connectivity index (χ4v) is 4.66. The molecule has 5 nitrogen and oxygen atoms in total. The summed E-state index contributed by atoms with van der Waals surface area (Å²) in [6, 6.07) is 12.3. The molecule has 1 fully saturated rings. The van der Waals surface area contributed by atoms with E-state index in [1.54, 1.807) is 29.2 Å². The number of carbonyl (C=O) groups is 1. The predicted octanol–water partition coefficient (Wildman–Crippen LogP) is 3.86. The number of hydrogen-bond acceptors (Lipinski definition) is 3. The van der Waals surface area contributed by atoms with Gasteiger partial charge in [0.2, 0.25) is 15.9 Å². The molecule has 1 atom stereocenters. The standard InChI is InChI=1S/C21H26N2O3S/c1-4-20(17-8-7-15(2)16(3)14-17)22-27(25,26)19-11-9-18(10-12-19)23-13-5-6-21(23)24/h7-12,14,20,22H,4-6,13H2,1-3H3. The molecule has 2 aromatic rings. The molecule has 1 aliphatic heterocycles. The van der Waals surface area contributed by atoms with Gasteiger partial charge in [0.25, 0.3) is 0 Å². The van der Waals surface area contributed by atoms with Gasteiger partial charge in [-0.15, -0.1) is 0 Å². The highest BCUT2D eigenvalue weighted by Crippen LogP contribution is 2.25. The van der Waals surface area contributed by atoms with Gasteiger partial charge < -0.3 is 4.90 Å². The van der Waals surface area contributed by atoms with E-state index in [0.29, 0.717) is 19.4 Å². The van der Waals surface area contributed by atoms with E-state index in [4.69, 9.17) is 0 Å². The van der Waals surface area contributed by atoms with Crippen molar-refractivity contribution in [2.45, 2.75) is 51.0 Å². The molecule has 1 N–H and O–H groups in total. The van der Waals surface area contributed by atoms with Crippen molar-refractivity contribution in [3.05, 3.63) is 59.2 Å². The predicted molar refractivity (Wildman–Crippen MR) is 107 cm³/mol. The van der Waals surface area contributed by atoms with Crippen molar-refractivity contribution in [1.29, 1.82) is 0 Å². The van der Waals surface area contributed by atoms with Crippen LogP contribution in [0.3, 0.4) is 0 Å². The minimum atomic E-state index is -3.65.